The van der Waals surface area contributed by atoms with E-state index >= 15 is 0 Å². The van der Waals surface area contributed by atoms with Crippen molar-refractivity contribution in [3.8, 4) is 5.75 Å². The lowest BCUT2D eigenvalue weighted by atomic mass is 10.3. The van der Waals surface area contributed by atoms with Gasteiger partial charge in [-0.2, -0.15) is 0 Å². The highest BCUT2D eigenvalue weighted by Crippen LogP contribution is 2.35. The summed E-state index contributed by atoms with van der Waals surface area (Å²) in [4.78, 5) is 3.51. The van der Waals surface area contributed by atoms with Crippen molar-refractivity contribution in [2.24, 2.45) is 0 Å². The van der Waals surface area contributed by atoms with E-state index in [0.717, 1.165) is 0 Å². The number of anilines is 1. The molecule has 0 saturated carbocycles. The summed E-state index contributed by atoms with van der Waals surface area (Å²) in [5.41, 5.74) is 5.18. The Morgan fingerprint density at radius 2 is 2.23 bits per heavy atom. The molecule has 0 amide bonds. The summed E-state index contributed by atoms with van der Waals surface area (Å²) in [6.45, 7) is 0. The van der Waals surface area contributed by atoms with E-state index in [9.17, 15) is 8.78 Å². The number of hydrogen-bond acceptors (Lipinski definition) is 3. The van der Waals surface area contributed by atoms with Crippen LogP contribution in [0.4, 0.5) is 14.5 Å². The fourth-order valence-electron chi connectivity index (χ4n) is 0.871. The number of nitrogens with two attached hydrogens (primary N) is 1. The Balaban J connectivity index is 3.30. The van der Waals surface area contributed by atoms with Gasteiger partial charge in [0.05, 0.1) is 17.3 Å². The van der Waals surface area contributed by atoms with Gasteiger partial charge in [-0.1, -0.05) is 0 Å². The van der Waals surface area contributed by atoms with E-state index in [-0.39, 0.29) is 11.4 Å². The van der Waals surface area contributed by atoms with Crippen LogP contribution in [-0.4, -0.2) is 12.1 Å². The first-order valence-corrected chi connectivity index (χ1v) is 4.13. The molecule has 3 nitrogen and oxygen atoms in total. The Morgan fingerprint density at radius 1 is 1.62 bits per heavy atom. The molecule has 6 heteroatoms. The Labute approximate surface area is 82.0 Å². The van der Waals surface area contributed by atoms with Crippen LogP contribution in [0.15, 0.2) is 10.7 Å². The van der Waals surface area contributed by atoms with Gasteiger partial charge in [0.1, 0.15) is 0 Å². The second kappa shape index (κ2) is 3.87. The van der Waals surface area contributed by atoms with Crippen molar-refractivity contribution >= 4 is 21.6 Å². The molecule has 0 spiro atoms. The molecule has 0 unspecified atom stereocenters. The van der Waals surface area contributed by atoms with Crippen molar-refractivity contribution < 1.29 is 13.5 Å². The summed E-state index contributed by atoms with van der Waals surface area (Å²) >= 11 is 3.06. The summed E-state index contributed by atoms with van der Waals surface area (Å²) in [6, 6.07) is 0. The molecule has 0 fully saturated rings. The van der Waals surface area contributed by atoms with Crippen molar-refractivity contribution in [3.63, 3.8) is 0 Å². The number of hydrogen-bond donors (Lipinski definition) is 1. The minimum atomic E-state index is -2.69. The molecule has 0 aliphatic heterocycles. The molecule has 1 aromatic heterocycles. The fourth-order valence-corrected chi connectivity index (χ4v) is 1.15. The highest BCUT2D eigenvalue weighted by atomic mass is 79.9. The van der Waals surface area contributed by atoms with Gasteiger partial charge in [-0.3, -0.25) is 4.98 Å². The van der Waals surface area contributed by atoms with Crippen LogP contribution in [0.2, 0.25) is 0 Å². The van der Waals surface area contributed by atoms with E-state index in [1.54, 1.807) is 0 Å². The van der Waals surface area contributed by atoms with Crippen LogP contribution >= 0.6 is 15.9 Å². The highest BCUT2D eigenvalue weighted by Gasteiger charge is 2.19. The zero-order valence-corrected chi connectivity index (χ0v) is 8.31. The molecule has 0 aliphatic carbocycles. The third-order valence-corrected chi connectivity index (χ3v) is 2.09. The van der Waals surface area contributed by atoms with Gasteiger partial charge >= 0.3 is 0 Å². The van der Waals surface area contributed by atoms with E-state index in [1.807, 2.05) is 0 Å². The van der Waals surface area contributed by atoms with Gasteiger partial charge in [-0.25, -0.2) is 8.78 Å². The molecule has 0 radical (unpaired) electrons. The summed E-state index contributed by atoms with van der Waals surface area (Å²) in [6.07, 6.45) is -1.47. The number of aromatic nitrogens is 1. The van der Waals surface area contributed by atoms with Crippen LogP contribution in [0.25, 0.3) is 0 Å². The number of alkyl halides is 2. The monoisotopic (exact) mass is 252 g/mol. The van der Waals surface area contributed by atoms with Gasteiger partial charge in [0.25, 0.3) is 6.43 Å². The summed E-state index contributed by atoms with van der Waals surface area (Å²) < 4.78 is 29.8. The van der Waals surface area contributed by atoms with Crippen LogP contribution in [0, 0.1) is 0 Å². The molecule has 1 aromatic rings. The van der Waals surface area contributed by atoms with E-state index in [0.29, 0.717) is 4.47 Å². The second-order valence-corrected chi connectivity index (χ2v) is 3.09. The first-order valence-electron chi connectivity index (χ1n) is 3.34. The third-order valence-electron chi connectivity index (χ3n) is 1.46. The average Bonchev–Trinajstić information content (AvgIpc) is 2.09. The number of nitrogens with zero attached hydrogens (tertiary/aromatic N) is 1. The van der Waals surface area contributed by atoms with E-state index in [2.05, 4.69) is 20.9 Å². The van der Waals surface area contributed by atoms with Crippen LogP contribution in [0.3, 0.4) is 0 Å². The lowest BCUT2D eigenvalue weighted by molar-refractivity contribution is 0.141. The number of ether oxygens (including phenoxy) is 1. The highest BCUT2D eigenvalue weighted by molar-refractivity contribution is 9.10. The minimum absolute atomic E-state index is 0.0793. The lowest BCUT2D eigenvalue weighted by Gasteiger charge is -2.10. The standard InChI is InChI=1S/C7H7BrF2N2O/c1-13-6-4(11)3(8)2-12-5(6)7(9)10/h2,7H,1H3,(H2,11,12). The topological polar surface area (TPSA) is 48.1 Å². The van der Waals surface area contributed by atoms with E-state index in [4.69, 9.17) is 10.5 Å². The molecule has 0 bridgehead atoms. The predicted molar refractivity (Wildman–Crippen MR) is 47.9 cm³/mol. The Bertz CT molecular complexity index is 320. The maximum absolute atomic E-state index is 12.3. The Morgan fingerprint density at radius 3 is 2.69 bits per heavy atom. The smallest absolute Gasteiger partial charge is 0.284 e. The van der Waals surface area contributed by atoms with Gasteiger partial charge in [-0.15, -0.1) is 0 Å². The fraction of sp³-hybridized carbons (Fsp3) is 0.286. The first kappa shape index (κ1) is 10.2. The quantitative estimate of drug-likeness (QED) is 0.880. The van der Waals surface area contributed by atoms with Crippen molar-refractivity contribution in [1.82, 2.24) is 4.98 Å². The Kier molecular flexibility index (Phi) is 3.02. The molecular formula is C7H7BrF2N2O. The van der Waals surface area contributed by atoms with Crippen LogP contribution in [0.5, 0.6) is 5.75 Å². The minimum Gasteiger partial charge on any atom is -0.492 e. The number of halogens is 3. The zero-order chi connectivity index (χ0) is 10.0. The molecule has 2 N–H and O–H groups in total. The lowest BCUT2D eigenvalue weighted by Crippen LogP contribution is -2.01. The number of methoxy groups -OCH3 is 1. The van der Waals surface area contributed by atoms with Crippen LogP contribution < -0.4 is 10.5 Å². The average molecular weight is 253 g/mol. The zero-order valence-electron chi connectivity index (χ0n) is 6.72. The summed E-state index contributed by atoms with van der Waals surface area (Å²) in [5, 5.41) is 0. The largest absolute Gasteiger partial charge is 0.492 e. The van der Waals surface area contributed by atoms with Crippen LogP contribution in [0.1, 0.15) is 12.1 Å². The molecule has 0 saturated heterocycles. The van der Waals surface area contributed by atoms with Crippen molar-refractivity contribution in [3.05, 3.63) is 16.4 Å². The molecule has 0 aromatic carbocycles. The summed E-state index contributed by atoms with van der Waals surface area (Å²) in [7, 11) is 1.27. The van der Waals surface area contributed by atoms with Gasteiger partial charge in [0, 0.05) is 6.20 Å². The molecular weight excluding hydrogens is 246 g/mol. The van der Waals surface area contributed by atoms with Crippen LogP contribution in [-0.2, 0) is 0 Å². The molecule has 1 rings (SSSR count). The predicted octanol–water partition coefficient (Wildman–Crippen LogP) is 2.37. The second-order valence-electron chi connectivity index (χ2n) is 2.24. The number of rotatable bonds is 2. The number of nitrogen functional groups attached to an aromatic ring is 1. The third kappa shape index (κ3) is 1.88. The van der Waals surface area contributed by atoms with E-state index in [1.165, 1.54) is 13.3 Å². The van der Waals surface area contributed by atoms with E-state index < -0.39 is 12.1 Å². The van der Waals surface area contributed by atoms with Gasteiger partial charge < -0.3 is 10.5 Å². The van der Waals surface area contributed by atoms with Gasteiger partial charge in [-0.05, 0) is 15.9 Å². The van der Waals surface area contributed by atoms with Crippen molar-refractivity contribution in [2.75, 3.05) is 12.8 Å². The maximum atomic E-state index is 12.3. The maximum Gasteiger partial charge on any atom is 0.284 e. The Hall–Kier alpha value is -0.910. The molecule has 0 atom stereocenters. The molecule has 72 valence electrons. The first-order chi connectivity index (χ1) is 6.07. The molecule has 0 aliphatic rings. The van der Waals surface area contributed by atoms with Crippen molar-refractivity contribution in [1.29, 1.82) is 0 Å². The molecule has 1 heterocycles. The SMILES string of the molecule is COc1c(C(F)F)ncc(Br)c1N. The molecule has 13 heavy (non-hydrogen) atoms. The number of pyridine rings is 1. The van der Waals surface area contributed by atoms with Crippen molar-refractivity contribution in [2.45, 2.75) is 6.43 Å². The normalized spacial score (nSPS) is 10.5. The van der Waals surface area contributed by atoms with Gasteiger partial charge in [0.2, 0.25) is 0 Å². The van der Waals surface area contributed by atoms with Gasteiger partial charge in [0.15, 0.2) is 11.4 Å². The summed E-state index contributed by atoms with van der Waals surface area (Å²) in [5.74, 6) is -0.0793.